The first-order valence-electron chi connectivity index (χ1n) is 9.36. The first-order chi connectivity index (χ1) is 13.5. The Labute approximate surface area is 167 Å². The second-order valence-electron chi connectivity index (χ2n) is 6.94. The van der Waals surface area contributed by atoms with Crippen molar-refractivity contribution in [3.8, 4) is 22.3 Å². The van der Waals surface area contributed by atoms with Gasteiger partial charge in [-0.05, 0) is 44.9 Å². The van der Waals surface area contributed by atoms with Crippen LogP contribution in [-0.2, 0) is 0 Å². The molecule has 0 atom stereocenters. The van der Waals surface area contributed by atoms with Crippen LogP contribution in [0.3, 0.4) is 0 Å². The van der Waals surface area contributed by atoms with Gasteiger partial charge < -0.3 is 0 Å². The maximum absolute atomic E-state index is 4.28. The maximum atomic E-state index is 4.28. The topological polar surface area (TPSA) is 38.7 Å². The average molecular weight is 367 g/mol. The van der Waals surface area contributed by atoms with Crippen molar-refractivity contribution >= 4 is 0 Å². The van der Waals surface area contributed by atoms with E-state index < -0.39 is 0 Å². The van der Waals surface area contributed by atoms with Crippen LogP contribution in [0.1, 0.15) is 22.6 Å². The predicted octanol–water partition coefficient (Wildman–Crippen LogP) is 6.13. The van der Waals surface area contributed by atoms with Crippen LogP contribution >= 0.6 is 0 Å². The molecule has 0 amide bonds. The molecule has 0 aliphatic carbocycles. The Kier molecular flexibility index (Phi) is 6.28. The third-order valence-electron chi connectivity index (χ3n) is 4.46. The molecule has 0 saturated heterocycles. The van der Waals surface area contributed by atoms with Crippen LogP contribution in [0.15, 0.2) is 79.3 Å². The fraction of sp³-hybridized carbons (Fsp3) is 0.160. The van der Waals surface area contributed by atoms with Gasteiger partial charge in [-0.1, -0.05) is 65.7 Å². The van der Waals surface area contributed by atoms with Gasteiger partial charge in [0.1, 0.15) is 5.82 Å². The van der Waals surface area contributed by atoms with Crippen molar-refractivity contribution in [3.63, 3.8) is 0 Å². The monoisotopic (exact) mass is 367 g/mol. The summed E-state index contributed by atoms with van der Waals surface area (Å²) in [5.41, 5.74) is 8.24. The molecular weight excluding hydrogens is 342 g/mol. The van der Waals surface area contributed by atoms with Gasteiger partial charge in [0.05, 0.1) is 0 Å². The fourth-order valence-corrected chi connectivity index (χ4v) is 2.67. The molecule has 2 aromatic heterocycles. The second kappa shape index (κ2) is 9.05. The zero-order valence-corrected chi connectivity index (χ0v) is 16.8. The van der Waals surface area contributed by atoms with Crippen molar-refractivity contribution < 1.29 is 0 Å². The highest BCUT2D eigenvalue weighted by Gasteiger charge is 1.98. The number of aromatic nitrogens is 3. The summed E-state index contributed by atoms with van der Waals surface area (Å²) in [6.07, 6.45) is 5.62. The van der Waals surface area contributed by atoms with Crippen LogP contribution < -0.4 is 0 Å². The summed E-state index contributed by atoms with van der Waals surface area (Å²) in [7, 11) is 0. The first kappa shape index (κ1) is 19.4. The van der Waals surface area contributed by atoms with Crippen molar-refractivity contribution in [3.05, 3.63) is 102 Å². The van der Waals surface area contributed by atoms with Crippen molar-refractivity contribution in [2.75, 3.05) is 0 Å². The first-order valence-corrected chi connectivity index (χ1v) is 9.36. The Morgan fingerprint density at radius 3 is 1.32 bits per heavy atom. The number of pyridine rings is 1. The summed E-state index contributed by atoms with van der Waals surface area (Å²) in [6, 6.07) is 21.0. The van der Waals surface area contributed by atoms with E-state index >= 15 is 0 Å². The Balaban J connectivity index is 0.000000161. The zero-order valence-electron chi connectivity index (χ0n) is 16.8. The van der Waals surface area contributed by atoms with E-state index in [1.807, 2.05) is 38.5 Å². The van der Waals surface area contributed by atoms with E-state index in [1.165, 1.54) is 22.3 Å². The van der Waals surface area contributed by atoms with Crippen LogP contribution in [0.5, 0.6) is 0 Å². The molecule has 0 aliphatic heterocycles. The Morgan fingerprint density at radius 2 is 0.857 bits per heavy atom. The third kappa shape index (κ3) is 5.34. The van der Waals surface area contributed by atoms with E-state index in [0.29, 0.717) is 0 Å². The van der Waals surface area contributed by atoms with Gasteiger partial charge in [-0.3, -0.25) is 4.98 Å². The van der Waals surface area contributed by atoms with Gasteiger partial charge in [-0.15, -0.1) is 0 Å². The highest BCUT2D eigenvalue weighted by molar-refractivity contribution is 5.63. The molecule has 0 saturated carbocycles. The van der Waals surface area contributed by atoms with Gasteiger partial charge in [0.25, 0.3) is 0 Å². The summed E-state index contributed by atoms with van der Waals surface area (Å²) in [5.74, 6) is 0.806. The predicted molar refractivity (Wildman–Crippen MR) is 116 cm³/mol. The summed E-state index contributed by atoms with van der Waals surface area (Å²) in [6.45, 7) is 8.06. The normalized spacial score (nSPS) is 10.1. The van der Waals surface area contributed by atoms with Crippen LogP contribution in [0.4, 0.5) is 0 Å². The molecule has 3 nitrogen and oxygen atoms in total. The smallest absolute Gasteiger partial charge is 0.125 e. The molecule has 0 unspecified atom stereocenters. The lowest BCUT2D eigenvalue weighted by molar-refractivity contribution is 1.06. The number of nitrogens with zero attached hydrogens (tertiary/aromatic N) is 3. The molecule has 0 bridgehead atoms. The minimum atomic E-state index is 0.806. The van der Waals surface area contributed by atoms with E-state index in [0.717, 1.165) is 22.6 Å². The summed E-state index contributed by atoms with van der Waals surface area (Å²) < 4.78 is 0. The van der Waals surface area contributed by atoms with Gasteiger partial charge in [0.15, 0.2) is 0 Å². The van der Waals surface area contributed by atoms with Crippen LogP contribution in [-0.4, -0.2) is 15.0 Å². The second-order valence-corrected chi connectivity index (χ2v) is 6.94. The third-order valence-corrected chi connectivity index (χ3v) is 4.46. The van der Waals surface area contributed by atoms with Crippen LogP contribution in [0, 0.1) is 27.7 Å². The lowest BCUT2D eigenvalue weighted by Gasteiger charge is -2.01. The fourth-order valence-electron chi connectivity index (χ4n) is 2.67. The maximum Gasteiger partial charge on any atom is 0.125 e. The highest BCUT2D eigenvalue weighted by Crippen LogP contribution is 2.19. The Hall–Kier alpha value is -3.33. The number of benzene rings is 2. The van der Waals surface area contributed by atoms with E-state index in [2.05, 4.69) is 83.4 Å². The SMILES string of the molecule is Cc1ccc(-c2ccc(C)nc2)cc1.Cc1ccc(-c2cnc(C)nc2)cc1. The molecule has 0 radical (unpaired) electrons. The summed E-state index contributed by atoms with van der Waals surface area (Å²) >= 11 is 0. The molecule has 0 aliphatic rings. The Bertz CT molecular complexity index is 827. The van der Waals surface area contributed by atoms with Gasteiger partial charge in [0, 0.05) is 35.4 Å². The molecule has 2 aromatic carbocycles. The molecule has 4 aromatic rings. The van der Waals surface area contributed by atoms with Crippen molar-refractivity contribution in [2.24, 2.45) is 0 Å². The molecule has 0 spiro atoms. The standard InChI is InChI=1S/C13H13N.C12H12N2/c1-10-3-6-12(7-4-10)13-8-5-11(2)14-9-13;1-9-3-5-11(6-4-9)12-7-13-10(2)14-8-12/h3-9H,1-2H3;3-8H,1-2H3. The zero-order chi connectivity index (χ0) is 19.9. The molecule has 2 heterocycles. The van der Waals surface area contributed by atoms with Crippen molar-refractivity contribution in [2.45, 2.75) is 27.7 Å². The largest absolute Gasteiger partial charge is 0.261 e. The number of hydrogen-bond donors (Lipinski definition) is 0. The number of aryl methyl sites for hydroxylation is 4. The van der Waals surface area contributed by atoms with Crippen molar-refractivity contribution in [1.82, 2.24) is 15.0 Å². The van der Waals surface area contributed by atoms with Gasteiger partial charge >= 0.3 is 0 Å². The molecule has 3 heteroatoms. The van der Waals surface area contributed by atoms with E-state index in [9.17, 15) is 0 Å². The molecule has 4 rings (SSSR count). The molecular formula is C25H25N3. The van der Waals surface area contributed by atoms with Crippen LogP contribution in [0.2, 0.25) is 0 Å². The Morgan fingerprint density at radius 1 is 0.429 bits per heavy atom. The van der Waals surface area contributed by atoms with Crippen LogP contribution in [0.25, 0.3) is 22.3 Å². The van der Waals surface area contributed by atoms with Gasteiger partial charge in [-0.25, -0.2) is 9.97 Å². The van der Waals surface area contributed by atoms with Gasteiger partial charge in [-0.2, -0.15) is 0 Å². The number of hydrogen-bond acceptors (Lipinski definition) is 3. The summed E-state index contributed by atoms with van der Waals surface area (Å²) in [4.78, 5) is 12.6. The summed E-state index contributed by atoms with van der Waals surface area (Å²) in [5, 5.41) is 0. The molecule has 28 heavy (non-hydrogen) atoms. The van der Waals surface area contributed by atoms with Gasteiger partial charge in [0.2, 0.25) is 0 Å². The lowest BCUT2D eigenvalue weighted by atomic mass is 10.1. The minimum Gasteiger partial charge on any atom is -0.261 e. The minimum absolute atomic E-state index is 0.806. The quantitative estimate of drug-likeness (QED) is 0.428. The van der Waals surface area contributed by atoms with Crippen molar-refractivity contribution in [1.29, 1.82) is 0 Å². The molecule has 0 fully saturated rings. The van der Waals surface area contributed by atoms with E-state index in [1.54, 1.807) is 0 Å². The number of rotatable bonds is 2. The molecule has 0 N–H and O–H groups in total. The van der Waals surface area contributed by atoms with E-state index in [-0.39, 0.29) is 0 Å². The highest BCUT2D eigenvalue weighted by atomic mass is 14.8. The molecule has 140 valence electrons. The van der Waals surface area contributed by atoms with E-state index in [4.69, 9.17) is 0 Å². The average Bonchev–Trinajstić information content (AvgIpc) is 2.71. The lowest BCUT2D eigenvalue weighted by Crippen LogP contribution is -1.87.